The molecule has 0 saturated heterocycles. The molecule has 2 heterocycles. The van der Waals surface area contributed by atoms with E-state index in [1.54, 1.807) is 0 Å². The Balaban J connectivity index is 2.07. The molecule has 1 N–H and O–H groups in total. The van der Waals surface area contributed by atoms with Gasteiger partial charge in [-0.05, 0) is 62.0 Å². The second-order valence-electron chi connectivity index (χ2n) is 6.07. The number of aryl methyl sites for hydroxylation is 2. The molecule has 130 valence electrons. The minimum atomic E-state index is -0.156. The van der Waals surface area contributed by atoms with E-state index in [9.17, 15) is 4.79 Å². The number of aromatic amines is 1. The predicted molar refractivity (Wildman–Crippen MR) is 112 cm³/mol. The molecule has 4 nitrogen and oxygen atoms in total. The van der Waals surface area contributed by atoms with Crippen LogP contribution < -0.4 is 5.56 Å². The van der Waals surface area contributed by atoms with Gasteiger partial charge in [0.15, 0.2) is 8.73 Å². The molecule has 0 atom stereocenters. The first-order chi connectivity index (χ1) is 12.5. The van der Waals surface area contributed by atoms with Gasteiger partial charge in [-0.15, -0.1) is 0 Å². The van der Waals surface area contributed by atoms with E-state index < -0.39 is 0 Å². The first kappa shape index (κ1) is 17.1. The maximum absolute atomic E-state index is 13.1. The van der Waals surface area contributed by atoms with Crippen LogP contribution in [0, 0.1) is 22.6 Å². The molecule has 0 spiro atoms. The Bertz CT molecular complexity index is 1310. The average Bonchev–Trinajstić information content (AvgIpc) is 2.93. The number of benzene rings is 2. The van der Waals surface area contributed by atoms with Crippen LogP contribution in [0.2, 0.25) is 0 Å². The molecular weight excluding hydrogens is 382 g/mol. The number of H-pyrrole nitrogens is 1. The minimum Gasteiger partial charge on any atom is -0.316 e. The molecule has 2 aromatic carbocycles. The summed E-state index contributed by atoms with van der Waals surface area (Å²) >= 11 is 12.3. The highest BCUT2D eigenvalue weighted by molar-refractivity contribution is 7.73. The third-order valence-electron chi connectivity index (χ3n) is 4.28. The summed E-state index contributed by atoms with van der Waals surface area (Å²) < 4.78 is 4.93. The summed E-state index contributed by atoms with van der Waals surface area (Å²) in [5, 5.41) is 0. The van der Waals surface area contributed by atoms with Gasteiger partial charge in [0.1, 0.15) is 10.3 Å². The summed E-state index contributed by atoms with van der Waals surface area (Å²) in [5.74, 6) is 0. The molecule has 0 radical (unpaired) electrons. The SMILES string of the molecule is Cc1ccc(-n2c(=S)[nH]c3c(sc(=S)n3-c3ccccc3C)c2=O)cc1. The van der Waals surface area contributed by atoms with E-state index in [1.165, 1.54) is 15.9 Å². The van der Waals surface area contributed by atoms with Gasteiger partial charge in [0, 0.05) is 0 Å². The fraction of sp³-hybridized carbons (Fsp3) is 0.105. The molecule has 0 saturated carbocycles. The van der Waals surface area contributed by atoms with E-state index in [4.69, 9.17) is 24.4 Å². The quantitative estimate of drug-likeness (QED) is 0.470. The largest absolute Gasteiger partial charge is 0.316 e. The summed E-state index contributed by atoms with van der Waals surface area (Å²) in [6.45, 7) is 4.02. The van der Waals surface area contributed by atoms with E-state index >= 15 is 0 Å². The number of hydrogen-bond donors (Lipinski definition) is 1. The number of para-hydroxylation sites is 1. The van der Waals surface area contributed by atoms with Crippen molar-refractivity contribution in [3.63, 3.8) is 0 Å². The van der Waals surface area contributed by atoms with Crippen LogP contribution >= 0.6 is 35.8 Å². The zero-order valence-corrected chi connectivity index (χ0v) is 16.6. The minimum absolute atomic E-state index is 0.156. The predicted octanol–water partition coefficient (Wildman–Crippen LogP) is 5.25. The third-order valence-corrected chi connectivity index (χ3v) is 5.93. The van der Waals surface area contributed by atoms with Crippen LogP contribution in [0.5, 0.6) is 0 Å². The average molecular weight is 398 g/mol. The van der Waals surface area contributed by atoms with Crippen LogP contribution in [0.4, 0.5) is 0 Å². The fourth-order valence-corrected chi connectivity index (χ4v) is 4.54. The van der Waals surface area contributed by atoms with Gasteiger partial charge in [-0.2, -0.15) is 0 Å². The Labute approximate surface area is 164 Å². The zero-order valence-electron chi connectivity index (χ0n) is 14.1. The third kappa shape index (κ3) is 2.68. The Morgan fingerprint density at radius 3 is 2.35 bits per heavy atom. The van der Waals surface area contributed by atoms with Gasteiger partial charge in [0.2, 0.25) is 0 Å². The highest BCUT2D eigenvalue weighted by Gasteiger charge is 2.15. The normalized spacial score (nSPS) is 11.2. The van der Waals surface area contributed by atoms with E-state index in [1.807, 2.05) is 66.9 Å². The summed E-state index contributed by atoms with van der Waals surface area (Å²) in [6.07, 6.45) is 0. The monoisotopic (exact) mass is 397 g/mol. The Hall–Kier alpha value is -2.35. The molecule has 0 aliphatic carbocycles. The van der Waals surface area contributed by atoms with E-state index in [0.29, 0.717) is 19.1 Å². The lowest BCUT2D eigenvalue weighted by molar-refractivity contribution is 0.925. The van der Waals surface area contributed by atoms with Gasteiger partial charge in [-0.1, -0.05) is 47.2 Å². The maximum Gasteiger partial charge on any atom is 0.278 e. The zero-order chi connectivity index (χ0) is 18.4. The van der Waals surface area contributed by atoms with Crippen LogP contribution in [-0.2, 0) is 0 Å². The van der Waals surface area contributed by atoms with Crippen molar-refractivity contribution in [3.05, 3.63) is 78.7 Å². The summed E-state index contributed by atoms with van der Waals surface area (Å²) in [5.41, 5.74) is 4.38. The fourth-order valence-electron chi connectivity index (χ4n) is 2.94. The van der Waals surface area contributed by atoms with Crippen molar-refractivity contribution >= 4 is 46.1 Å². The van der Waals surface area contributed by atoms with Gasteiger partial charge in [0.05, 0.1) is 11.4 Å². The molecule has 0 amide bonds. The number of nitrogens with zero attached hydrogens (tertiary/aromatic N) is 2. The second-order valence-corrected chi connectivity index (χ2v) is 8.10. The number of thiazole rings is 1. The topological polar surface area (TPSA) is 42.7 Å². The molecular formula is C19H15N3OS3. The standard InChI is InChI=1S/C19H15N3OS3/c1-11-7-9-13(10-8-11)21-17(23)15-16(20-18(21)24)22(19(25)26-15)14-6-4-3-5-12(14)2/h3-10H,1-2H3,(H,20,24). The number of nitrogens with one attached hydrogen (secondary N) is 1. The molecule has 2 aromatic heterocycles. The lowest BCUT2D eigenvalue weighted by Gasteiger charge is -2.10. The molecule has 0 fully saturated rings. The Morgan fingerprint density at radius 1 is 0.962 bits per heavy atom. The molecule has 0 aliphatic rings. The van der Waals surface area contributed by atoms with E-state index in [-0.39, 0.29) is 5.56 Å². The van der Waals surface area contributed by atoms with Gasteiger partial charge >= 0.3 is 0 Å². The lowest BCUT2D eigenvalue weighted by atomic mass is 10.2. The van der Waals surface area contributed by atoms with Crippen molar-refractivity contribution in [2.45, 2.75) is 13.8 Å². The van der Waals surface area contributed by atoms with Gasteiger partial charge in [-0.25, -0.2) is 0 Å². The molecule has 4 rings (SSSR count). The Kier molecular flexibility index (Phi) is 4.22. The van der Waals surface area contributed by atoms with Gasteiger partial charge in [-0.3, -0.25) is 13.9 Å². The maximum atomic E-state index is 13.1. The molecule has 4 aromatic rings. The molecule has 7 heteroatoms. The molecule has 0 unspecified atom stereocenters. The number of hydrogen-bond acceptors (Lipinski definition) is 4. The van der Waals surface area contributed by atoms with Gasteiger partial charge in [0.25, 0.3) is 5.56 Å². The van der Waals surface area contributed by atoms with Crippen molar-refractivity contribution in [3.8, 4) is 11.4 Å². The summed E-state index contributed by atoms with van der Waals surface area (Å²) in [7, 11) is 0. The summed E-state index contributed by atoms with van der Waals surface area (Å²) in [4.78, 5) is 16.4. The van der Waals surface area contributed by atoms with Crippen molar-refractivity contribution in [1.82, 2.24) is 14.1 Å². The molecule has 0 bridgehead atoms. The van der Waals surface area contributed by atoms with Crippen molar-refractivity contribution in [1.29, 1.82) is 0 Å². The van der Waals surface area contributed by atoms with Crippen molar-refractivity contribution < 1.29 is 0 Å². The number of aromatic nitrogens is 3. The Morgan fingerprint density at radius 2 is 1.65 bits per heavy atom. The van der Waals surface area contributed by atoms with Crippen molar-refractivity contribution in [2.24, 2.45) is 0 Å². The number of fused-ring (bicyclic) bond motifs is 1. The highest BCUT2D eigenvalue weighted by Crippen LogP contribution is 2.25. The van der Waals surface area contributed by atoms with E-state index in [2.05, 4.69) is 4.98 Å². The first-order valence-corrected chi connectivity index (χ1v) is 9.64. The first-order valence-electron chi connectivity index (χ1n) is 8.01. The van der Waals surface area contributed by atoms with Crippen LogP contribution in [0.15, 0.2) is 53.3 Å². The van der Waals surface area contributed by atoms with Crippen molar-refractivity contribution in [2.75, 3.05) is 0 Å². The van der Waals surface area contributed by atoms with Crippen LogP contribution in [-0.4, -0.2) is 14.1 Å². The lowest BCUT2D eigenvalue weighted by Crippen LogP contribution is -2.20. The smallest absolute Gasteiger partial charge is 0.278 e. The highest BCUT2D eigenvalue weighted by atomic mass is 32.1. The van der Waals surface area contributed by atoms with Gasteiger partial charge < -0.3 is 4.98 Å². The number of rotatable bonds is 2. The molecule has 0 aliphatic heterocycles. The van der Waals surface area contributed by atoms with Crippen LogP contribution in [0.25, 0.3) is 21.7 Å². The van der Waals surface area contributed by atoms with Crippen LogP contribution in [0.3, 0.4) is 0 Å². The van der Waals surface area contributed by atoms with E-state index in [0.717, 1.165) is 22.5 Å². The molecule has 26 heavy (non-hydrogen) atoms. The van der Waals surface area contributed by atoms with Crippen LogP contribution in [0.1, 0.15) is 11.1 Å². The summed E-state index contributed by atoms with van der Waals surface area (Å²) in [6, 6.07) is 15.6. The second kappa shape index (κ2) is 6.42.